The van der Waals surface area contributed by atoms with Gasteiger partial charge in [-0.2, -0.15) is 0 Å². The lowest BCUT2D eigenvalue weighted by Crippen LogP contribution is -2.00. The maximum atomic E-state index is 11.1. The first-order chi connectivity index (χ1) is 5.69. The third-order valence-electron chi connectivity index (χ3n) is 1.53. The monoisotopic (exact) mass is 185 g/mol. The standard InChI is InChI=1S/C8H11NO2S/c1-3-5-4-6(9)7(12-5)8(10)11-2/h4H,3,9H2,1-2H3. The zero-order valence-electron chi connectivity index (χ0n) is 7.09. The molecule has 0 aliphatic rings. The van der Waals surface area contributed by atoms with Crippen LogP contribution in [0.4, 0.5) is 5.69 Å². The van der Waals surface area contributed by atoms with Crippen molar-refractivity contribution in [1.29, 1.82) is 0 Å². The van der Waals surface area contributed by atoms with Crippen molar-refractivity contribution in [2.75, 3.05) is 12.8 Å². The van der Waals surface area contributed by atoms with E-state index in [-0.39, 0.29) is 5.97 Å². The van der Waals surface area contributed by atoms with E-state index in [1.165, 1.54) is 18.4 Å². The highest BCUT2D eigenvalue weighted by Crippen LogP contribution is 2.25. The highest BCUT2D eigenvalue weighted by atomic mass is 32.1. The van der Waals surface area contributed by atoms with Crippen LogP contribution < -0.4 is 5.73 Å². The van der Waals surface area contributed by atoms with Gasteiger partial charge < -0.3 is 10.5 Å². The Balaban J connectivity index is 2.99. The summed E-state index contributed by atoms with van der Waals surface area (Å²) in [4.78, 5) is 12.7. The number of hydrogen-bond acceptors (Lipinski definition) is 4. The topological polar surface area (TPSA) is 52.3 Å². The molecule has 0 saturated heterocycles. The zero-order chi connectivity index (χ0) is 9.14. The van der Waals surface area contributed by atoms with Crippen molar-refractivity contribution in [1.82, 2.24) is 0 Å². The molecule has 1 heterocycles. The van der Waals surface area contributed by atoms with E-state index in [0.717, 1.165) is 11.3 Å². The third-order valence-corrected chi connectivity index (χ3v) is 2.81. The molecule has 3 nitrogen and oxygen atoms in total. The predicted molar refractivity (Wildman–Crippen MR) is 49.4 cm³/mol. The summed E-state index contributed by atoms with van der Waals surface area (Å²) in [6, 6.07) is 1.82. The molecule has 0 unspecified atom stereocenters. The second-order valence-electron chi connectivity index (χ2n) is 2.34. The summed E-state index contributed by atoms with van der Waals surface area (Å²) in [6.45, 7) is 2.02. The van der Waals surface area contributed by atoms with Gasteiger partial charge in [0.15, 0.2) is 0 Å². The number of nitrogen functional groups attached to an aromatic ring is 1. The molecule has 1 aromatic rings. The molecular weight excluding hydrogens is 174 g/mol. The van der Waals surface area contributed by atoms with Gasteiger partial charge in [-0.1, -0.05) is 6.92 Å². The second-order valence-corrected chi connectivity index (χ2v) is 3.48. The van der Waals surface area contributed by atoms with E-state index in [9.17, 15) is 4.79 Å². The van der Waals surface area contributed by atoms with Gasteiger partial charge in [-0.25, -0.2) is 4.79 Å². The summed E-state index contributed by atoms with van der Waals surface area (Å²) >= 11 is 1.39. The third kappa shape index (κ3) is 1.58. The quantitative estimate of drug-likeness (QED) is 0.713. The fraction of sp³-hybridized carbons (Fsp3) is 0.375. The number of rotatable bonds is 2. The minimum absolute atomic E-state index is 0.350. The number of esters is 1. The van der Waals surface area contributed by atoms with Crippen LogP contribution in [0.3, 0.4) is 0 Å². The normalized spacial score (nSPS) is 9.83. The Labute approximate surface area is 75.1 Å². The number of carbonyl (C=O) groups excluding carboxylic acids is 1. The van der Waals surface area contributed by atoms with Gasteiger partial charge in [0.25, 0.3) is 0 Å². The van der Waals surface area contributed by atoms with Gasteiger partial charge in [0.05, 0.1) is 12.8 Å². The van der Waals surface area contributed by atoms with E-state index in [2.05, 4.69) is 4.74 Å². The smallest absolute Gasteiger partial charge is 0.350 e. The van der Waals surface area contributed by atoms with Crippen LogP contribution in [0.1, 0.15) is 21.5 Å². The van der Waals surface area contributed by atoms with Crippen molar-refractivity contribution in [3.8, 4) is 0 Å². The summed E-state index contributed by atoms with van der Waals surface area (Å²) in [5.74, 6) is -0.350. The van der Waals surface area contributed by atoms with Crippen molar-refractivity contribution in [3.63, 3.8) is 0 Å². The van der Waals surface area contributed by atoms with Crippen molar-refractivity contribution in [2.45, 2.75) is 13.3 Å². The number of carbonyl (C=O) groups is 1. The number of ether oxygens (including phenoxy) is 1. The fourth-order valence-electron chi connectivity index (χ4n) is 0.885. The van der Waals surface area contributed by atoms with Crippen LogP contribution in [0.5, 0.6) is 0 Å². The Morgan fingerprint density at radius 2 is 2.42 bits per heavy atom. The summed E-state index contributed by atoms with van der Waals surface area (Å²) < 4.78 is 4.57. The Kier molecular flexibility index (Phi) is 2.70. The Bertz CT molecular complexity index is 293. The first-order valence-corrected chi connectivity index (χ1v) is 4.47. The van der Waals surface area contributed by atoms with Crippen molar-refractivity contribution < 1.29 is 9.53 Å². The van der Waals surface area contributed by atoms with Crippen LogP contribution in [0, 0.1) is 0 Å². The van der Waals surface area contributed by atoms with Crippen LogP contribution >= 0.6 is 11.3 Å². The van der Waals surface area contributed by atoms with Crippen LogP contribution in [0.25, 0.3) is 0 Å². The molecule has 0 aromatic carbocycles. The molecule has 0 atom stereocenters. The molecule has 66 valence electrons. The van der Waals surface area contributed by atoms with Crippen molar-refractivity contribution in [3.05, 3.63) is 15.8 Å². The van der Waals surface area contributed by atoms with Crippen LogP contribution in [0.2, 0.25) is 0 Å². The molecule has 0 aliphatic heterocycles. The van der Waals surface area contributed by atoms with Gasteiger partial charge >= 0.3 is 5.97 Å². The van der Waals surface area contributed by atoms with Gasteiger partial charge in [-0.3, -0.25) is 0 Å². The van der Waals surface area contributed by atoms with Gasteiger partial charge in [-0.05, 0) is 12.5 Å². The predicted octanol–water partition coefficient (Wildman–Crippen LogP) is 1.68. The average molecular weight is 185 g/mol. The first-order valence-electron chi connectivity index (χ1n) is 3.65. The molecular formula is C8H11NO2S. The maximum absolute atomic E-state index is 11.1. The largest absolute Gasteiger partial charge is 0.465 e. The molecule has 0 radical (unpaired) electrons. The average Bonchev–Trinajstić information content (AvgIpc) is 2.45. The summed E-state index contributed by atoms with van der Waals surface area (Å²) in [7, 11) is 1.35. The molecule has 0 fully saturated rings. The maximum Gasteiger partial charge on any atom is 0.350 e. The number of thiophene rings is 1. The SMILES string of the molecule is CCc1cc(N)c(C(=O)OC)s1. The molecule has 4 heteroatoms. The van der Waals surface area contributed by atoms with Gasteiger partial charge in [0.1, 0.15) is 4.88 Å². The minimum Gasteiger partial charge on any atom is -0.465 e. The Morgan fingerprint density at radius 3 is 2.83 bits per heavy atom. The lowest BCUT2D eigenvalue weighted by molar-refractivity contribution is 0.0607. The van der Waals surface area contributed by atoms with E-state index in [1.54, 1.807) is 0 Å². The molecule has 0 aliphatic carbocycles. The van der Waals surface area contributed by atoms with E-state index >= 15 is 0 Å². The van der Waals surface area contributed by atoms with E-state index in [0.29, 0.717) is 10.6 Å². The number of anilines is 1. The zero-order valence-corrected chi connectivity index (χ0v) is 7.90. The lowest BCUT2D eigenvalue weighted by atomic mass is 10.3. The molecule has 1 aromatic heterocycles. The van der Waals surface area contributed by atoms with Gasteiger partial charge in [0, 0.05) is 4.88 Å². The number of aryl methyl sites for hydroxylation is 1. The molecule has 2 N–H and O–H groups in total. The highest BCUT2D eigenvalue weighted by Gasteiger charge is 2.13. The molecule has 0 spiro atoms. The van der Waals surface area contributed by atoms with Crippen molar-refractivity contribution >= 4 is 23.0 Å². The lowest BCUT2D eigenvalue weighted by Gasteiger charge is -1.94. The first kappa shape index (κ1) is 9.06. The Morgan fingerprint density at radius 1 is 1.75 bits per heavy atom. The van der Waals surface area contributed by atoms with E-state index in [1.807, 2.05) is 13.0 Å². The van der Waals surface area contributed by atoms with Crippen LogP contribution in [0.15, 0.2) is 6.07 Å². The molecule has 0 bridgehead atoms. The van der Waals surface area contributed by atoms with Gasteiger partial charge in [0.2, 0.25) is 0 Å². The molecule has 0 saturated carbocycles. The molecule has 0 amide bonds. The number of methoxy groups -OCH3 is 1. The van der Waals surface area contributed by atoms with Crippen molar-refractivity contribution in [2.24, 2.45) is 0 Å². The summed E-state index contributed by atoms with van der Waals surface area (Å²) in [6.07, 6.45) is 0.895. The summed E-state index contributed by atoms with van der Waals surface area (Å²) in [5, 5.41) is 0. The number of hydrogen-bond donors (Lipinski definition) is 1. The molecule has 12 heavy (non-hydrogen) atoms. The van der Waals surface area contributed by atoms with E-state index < -0.39 is 0 Å². The van der Waals surface area contributed by atoms with Crippen LogP contribution in [-0.2, 0) is 11.2 Å². The fourth-order valence-corrected chi connectivity index (χ4v) is 1.82. The summed E-state index contributed by atoms with van der Waals surface area (Å²) in [5.41, 5.74) is 6.12. The minimum atomic E-state index is -0.350. The highest BCUT2D eigenvalue weighted by molar-refractivity contribution is 7.14. The molecule has 1 rings (SSSR count). The van der Waals surface area contributed by atoms with Crippen LogP contribution in [-0.4, -0.2) is 13.1 Å². The Hall–Kier alpha value is -1.03. The van der Waals surface area contributed by atoms with E-state index in [4.69, 9.17) is 5.73 Å². The number of nitrogens with two attached hydrogens (primary N) is 1. The van der Waals surface area contributed by atoms with Gasteiger partial charge in [-0.15, -0.1) is 11.3 Å². The second kappa shape index (κ2) is 3.58.